The summed E-state index contributed by atoms with van der Waals surface area (Å²) in [5, 5.41) is 2.80. The van der Waals surface area contributed by atoms with Crippen molar-refractivity contribution >= 4 is 28.7 Å². The standard InChI is InChI=1S/C13H10.C12H10O.C8H8N2O2/c1-4-10-6-2-8-12-9-3-7-11(5-1)13(10)12;1-3-7-11(8-4-1)13-12-9-5-2-6-10-12;9-7(11)5-1-2-6(4-3-5)8(10)12/h1-8H,9H2;1-10H;1-4H,(H2,9,11)(H2,10,12). The van der Waals surface area contributed by atoms with Crippen molar-refractivity contribution in [2.45, 2.75) is 6.42 Å². The molecule has 6 rings (SSSR count). The molecule has 5 aromatic rings. The summed E-state index contributed by atoms with van der Waals surface area (Å²) in [7, 11) is 0. The Morgan fingerprint density at radius 2 is 1.08 bits per heavy atom. The normalized spacial score (nSPS) is 10.8. The van der Waals surface area contributed by atoms with Crippen LogP contribution in [-0.2, 0) is 6.42 Å². The Kier molecular flexibility index (Phi) is 8.66. The van der Waals surface area contributed by atoms with Gasteiger partial charge in [-0.05, 0) is 76.9 Å². The van der Waals surface area contributed by atoms with Gasteiger partial charge in [-0.15, -0.1) is 0 Å². The zero-order valence-corrected chi connectivity index (χ0v) is 20.8. The SMILES string of the molecule is C1=Cc2cccc3cccc(c23)C1.NC(=O)c1ccc(C(N)=O)cc1.c1ccc(Oc2ccccc2)cc1. The second-order valence-electron chi connectivity index (χ2n) is 8.50. The summed E-state index contributed by atoms with van der Waals surface area (Å²) >= 11 is 0. The first-order valence-corrected chi connectivity index (χ1v) is 12.2. The smallest absolute Gasteiger partial charge is 0.248 e. The second kappa shape index (κ2) is 12.7. The molecule has 0 heterocycles. The van der Waals surface area contributed by atoms with Crippen LogP contribution >= 0.6 is 0 Å². The molecule has 0 spiro atoms. The van der Waals surface area contributed by atoms with Crippen LogP contribution in [0.15, 0.2) is 127 Å². The van der Waals surface area contributed by atoms with E-state index in [0.29, 0.717) is 11.1 Å². The summed E-state index contributed by atoms with van der Waals surface area (Å²) in [6.45, 7) is 0. The summed E-state index contributed by atoms with van der Waals surface area (Å²) in [4.78, 5) is 21.2. The third-order valence-corrected chi connectivity index (χ3v) is 5.83. The lowest BCUT2D eigenvalue weighted by Gasteiger charge is -2.11. The topological polar surface area (TPSA) is 95.4 Å². The molecule has 0 unspecified atom stereocenters. The molecule has 188 valence electrons. The molecule has 0 saturated carbocycles. The monoisotopic (exact) mass is 500 g/mol. The van der Waals surface area contributed by atoms with E-state index >= 15 is 0 Å². The first kappa shape index (κ1) is 25.9. The molecule has 0 atom stereocenters. The van der Waals surface area contributed by atoms with Crippen molar-refractivity contribution in [3.8, 4) is 11.5 Å². The third kappa shape index (κ3) is 6.95. The molecule has 0 aliphatic heterocycles. The van der Waals surface area contributed by atoms with E-state index in [9.17, 15) is 9.59 Å². The number of allylic oxidation sites excluding steroid dienone is 1. The highest BCUT2D eigenvalue weighted by atomic mass is 16.5. The predicted molar refractivity (Wildman–Crippen MR) is 153 cm³/mol. The minimum Gasteiger partial charge on any atom is -0.457 e. The number of primary amides is 2. The molecule has 5 nitrogen and oxygen atoms in total. The van der Waals surface area contributed by atoms with Gasteiger partial charge in [-0.3, -0.25) is 9.59 Å². The van der Waals surface area contributed by atoms with Crippen molar-refractivity contribution in [3.63, 3.8) is 0 Å². The maximum Gasteiger partial charge on any atom is 0.248 e. The maximum atomic E-state index is 10.6. The number of hydrogen-bond donors (Lipinski definition) is 2. The van der Waals surface area contributed by atoms with Crippen LogP contribution < -0.4 is 16.2 Å². The molecule has 4 N–H and O–H groups in total. The van der Waals surface area contributed by atoms with E-state index in [2.05, 4.69) is 48.6 Å². The number of para-hydroxylation sites is 2. The van der Waals surface area contributed by atoms with Crippen molar-refractivity contribution in [3.05, 3.63) is 150 Å². The fraction of sp³-hybridized carbons (Fsp3) is 0.0303. The van der Waals surface area contributed by atoms with Crippen LogP contribution in [-0.4, -0.2) is 11.8 Å². The van der Waals surface area contributed by atoms with Crippen LogP contribution in [0.4, 0.5) is 0 Å². The molecule has 0 aromatic heterocycles. The number of hydrogen-bond acceptors (Lipinski definition) is 3. The van der Waals surface area contributed by atoms with Gasteiger partial charge in [0.15, 0.2) is 0 Å². The van der Waals surface area contributed by atoms with E-state index in [1.807, 2.05) is 60.7 Å². The number of rotatable bonds is 4. The summed E-state index contributed by atoms with van der Waals surface area (Å²) in [5.74, 6) is 0.694. The van der Waals surface area contributed by atoms with Gasteiger partial charge in [0.2, 0.25) is 11.8 Å². The molecule has 2 amide bonds. The summed E-state index contributed by atoms with van der Waals surface area (Å²) in [6, 6.07) is 38.4. The average Bonchev–Trinajstić information content (AvgIpc) is 2.95. The lowest BCUT2D eigenvalue weighted by atomic mass is 9.93. The van der Waals surface area contributed by atoms with Crippen LogP contribution in [0.3, 0.4) is 0 Å². The van der Waals surface area contributed by atoms with Gasteiger partial charge in [0.25, 0.3) is 0 Å². The molecule has 5 aromatic carbocycles. The highest BCUT2D eigenvalue weighted by Crippen LogP contribution is 2.27. The Hall–Kier alpha value is -5.16. The van der Waals surface area contributed by atoms with Crippen LogP contribution in [0.25, 0.3) is 16.8 Å². The van der Waals surface area contributed by atoms with Gasteiger partial charge in [0.1, 0.15) is 11.5 Å². The van der Waals surface area contributed by atoms with Crippen molar-refractivity contribution in [2.75, 3.05) is 0 Å². The van der Waals surface area contributed by atoms with Gasteiger partial charge in [0, 0.05) is 11.1 Å². The van der Waals surface area contributed by atoms with Gasteiger partial charge in [-0.25, -0.2) is 0 Å². The van der Waals surface area contributed by atoms with Gasteiger partial charge in [-0.2, -0.15) is 0 Å². The Labute approximate surface area is 222 Å². The van der Waals surface area contributed by atoms with Crippen LogP contribution in [0.2, 0.25) is 0 Å². The van der Waals surface area contributed by atoms with Crippen LogP contribution in [0.5, 0.6) is 11.5 Å². The Bertz CT molecular complexity index is 1470. The molecule has 5 heteroatoms. The fourth-order valence-electron chi connectivity index (χ4n) is 3.98. The first-order valence-electron chi connectivity index (χ1n) is 12.2. The first-order chi connectivity index (χ1) is 18.5. The number of carbonyl (C=O) groups is 2. The summed E-state index contributed by atoms with van der Waals surface area (Å²) in [6.07, 6.45) is 5.53. The molecule has 0 fully saturated rings. The molecular formula is C33H28N2O3. The quantitative estimate of drug-likeness (QED) is 0.285. The van der Waals surface area contributed by atoms with Gasteiger partial charge in [-0.1, -0.05) is 84.9 Å². The second-order valence-corrected chi connectivity index (χ2v) is 8.50. The van der Waals surface area contributed by atoms with E-state index < -0.39 is 11.8 Å². The Morgan fingerprint density at radius 1 is 0.579 bits per heavy atom. The molecule has 1 aliphatic carbocycles. The van der Waals surface area contributed by atoms with E-state index in [-0.39, 0.29) is 0 Å². The maximum absolute atomic E-state index is 10.6. The molecule has 38 heavy (non-hydrogen) atoms. The van der Waals surface area contributed by atoms with Gasteiger partial charge >= 0.3 is 0 Å². The minimum atomic E-state index is -0.522. The Balaban J connectivity index is 0.000000133. The fourth-order valence-corrected chi connectivity index (χ4v) is 3.98. The highest BCUT2D eigenvalue weighted by Gasteiger charge is 2.06. The molecular weight excluding hydrogens is 472 g/mol. The van der Waals surface area contributed by atoms with Crippen molar-refractivity contribution in [1.29, 1.82) is 0 Å². The van der Waals surface area contributed by atoms with Crippen LogP contribution in [0.1, 0.15) is 31.8 Å². The number of amides is 2. The van der Waals surface area contributed by atoms with E-state index in [4.69, 9.17) is 16.2 Å². The number of carbonyl (C=O) groups excluding carboxylic acids is 2. The van der Waals surface area contributed by atoms with E-state index in [1.165, 1.54) is 46.2 Å². The zero-order chi connectivity index (χ0) is 26.7. The van der Waals surface area contributed by atoms with Gasteiger partial charge in [0.05, 0.1) is 0 Å². The molecule has 0 radical (unpaired) electrons. The molecule has 1 aliphatic rings. The van der Waals surface area contributed by atoms with Crippen molar-refractivity contribution in [1.82, 2.24) is 0 Å². The van der Waals surface area contributed by atoms with E-state index in [0.717, 1.165) is 17.9 Å². The number of benzene rings is 5. The minimum absolute atomic E-state index is 0.361. The largest absolute Gasteiger partial charge is 0.457 e. The molecule has 0 saturated heterocycles. The summed E-state index contributed by atoms with van der Waals surface area (Å²) < 4.78 is 5.58. The Morgan fingerprint density at radius 3 is 1.58 bits per heavy atom. The third-order valence-electron chi connectivity index (χ3n) is 5.83. The lowest BCUT2D eigenvalue weighted by Crippen LogP contribution is -2.13. The van der Waals surface area contributed by atoms with Crippen LogP contribution in [0, 0.1) is 0 Å². The lowest BCUT2D eigenvalue weighted by molar-refractivity contribution is 0.0988. The van der Waals surface area contributed by atoms with Crippen molar-refractivity contribution in [2.24, 2.45) is 11.5 Å². The number of nitrogens with two attached hydrogens (primary N) is 2. The predicted octanol–water partition coefficient (Wildman–Crippen LogP) is 6.77. The van der Waals surface area contributed by atoms with Crippen molar-refractivity contribution < 1.29 is 14.3 Å². The number of ether oxygens (including phenoxy) is 1. The molecule has 0 bridgehead atoms. The zero-order valence-electron chi connectivity index (χ0n) is 20.8. The summed E-state index contributed by atoms with van der Waals surface area (Å²) in [5.41, 5.74) is 13.5. The highest BCUT2D eigenvalue weighted by molar-refractivity contribution is 5.96. The average molecular weight is 501 g/mol. The van der Waals surface area contributed by atoms with E-state index in [1.54, 1.807) is 0 Å². The van der Waals surface area contributed by atoms with Gasteiger partial charge < -0.3 is 16.2 Å².